The fourth-order valence-corrected chi connectivity index (χ4v) is 2.95. The molecule has 4 nitrogen and oxygen atoms in total. The van der Waals surface area contributed by atoms with Gasteiger partial charge in [0.05, 0.1) is 0 Å². The molecule has 2 bridgehead atoms. The SMILES string of the molecule is CCN(CC)CCOC(=O)N[C@H]1C[C@H]2C=C[C@H]1C2. The fraction of sp³-hybridized carbons (Fsp3) is 0.786. The number of allylic oxidation sites excluding steroid dienone is 1. The van der Waals surface area contributed by atoms with Gasteiger partial charge in [-0.3, -0.25) is 0 Å². The molecule has 1 amide bonds. The van der Waals surface area contributed by atoms with Gasteiger partial charge in [0.15, 0.2) is 0 Å². The van der Waals surface area contributed by atoms with Crippen molar-refractivity contribution in [3.63, 3.8) is 0 Å². The van der Waals surface area contributed by atoms with Crippen molar-refractivity contribution in [3.05, 3.63) is 12.2 Å². The quantitative estimate of drug-likeness (QED) is 0.735. The maximum atomic E-state index is 11.7. The number of hydrogen-bond donors (Lipinski definition) is 1. The maximum absolute atomic E-state index is 11.7. The van der Waals surface area contributed by atoms with Crippen LogP contribution in [0.5, 0.6) is 0 Å². The number of rotatable bonds is 6. The summed E-state index contributed by atoms with van der Waals surface area (Å²) in [5, 5.41) is 2.99. The van der Waals surface area contributed by atoms with E-state index in [2.05, 4.69) is 36.2 Å². The summed E-state index contributed by atoms with van der Waals surface area (Å²) in [4.78, 5) is 13.9. The molecule has 1 N–H and O–H groups in total. The number of ether oxygens (including phenoxy) is 1. The van der Waals surface area contributed by atoms with Crippen molar-refractivity contribution in [2.45, 2.75) is 32.7 Å². The van der Waals surface area contributed by atoms with Crippen LogP contribution in [0.2, 0.25) is 0 Å². The van der Waals surface area contributed by atoms with Gasteiger partial charge in [0.25, 0.3) is 0 Å². The summed E-state index contributed by atoms with van der Waals surface area (Å²) in [5.41, 5.74) is 0. The lowest BCUT2D eigenvalue weighted by Crippen LogP contribution is -2.39. The van der Waals surface area contributed by atoms with Crippen LogP contribution in [0, 0.1) is 11.8 Å². The van der Waals surface area contributed by atoms with Crippen molar-refractivity contribution in [3.8, 4) is 0 Å². The maximum Gasteiger partial charge on any atom is 0.407 e. The van der Waals surface area contributed by atoms with E-state index in [1.165, 1.54) is 6.42 Å². The number of hydrogen-bond acceptors (Lipinski definition) is 3. The number of alkyl carbamates (subject to hydrolysis) is 1. The van der Waals surface area contributed by atoms with Crippen LogP contribution < -0.4 is 5.32 Å². The molecule has 3 atom stereocenters. The van der Waals surface area contributed by atoms with E-state index in [1.54, 1.807) is 0 Å². The lowest BCUT2D eigenvalue weighted by atomic mass is 10.0. The molecule has 0 unspecified atom stereocenters. The van der Waals surface area contributed by atoms with E-state index in [0.717, 1.165) is 26.1 Å². The topological polar surface area (TPSA) is 41.6 Å². The highest BCUT2D eigenvalue weighted by Gasteiger charge is 2.36. The zero-order chi connectivity index (χ0) is 13.0. The van der Waals surface area contributed by atoms with Gasteiger partial charge in [0, 0.05) is 12.6 Å². The Balaban J connectivity index is 1.62. The molecule has 1 saturated carbocycles. The first-order valence-electron chi connectivity index (χ1n) is 7.06. The van der Waals surface area contributed by atoms with Crippen molar-refractivity contribution in [1.29, 1.82) is 0 Å². The fourth-order valence-electron chi connectivity index (χ4n) is 2.95. The van der Waals surface area contributed by atoms with Crippen molar-refractivity contribution >= 4 is 6.09 Å². The van der Waals surface area contributed by atoms with Crippen LogP contribution >= 0.6 is 0 Å². The third-order valence-corrected chi connectivity index (χ3v) is 4.12. The van der Waals surface area contributed by atoms with E-state index < -0.39 is 0 Å². The first kappa shape index (κ1) is 13.4. The van der Waals surface area contributed by atoms with Crippen LogP contribution in [-0.2, 0) is 4.74 Å². The van der Waals surface area contributed by atoms with Crippen molar-refractivity contribution in [1.82, 2.24) is 10.2 Å². The van der Waals surface area contributed by atoms with Gasteiger partial charge < -0.3 is 15.0 Å². The van der Waals surface area contributed by atoms with Gasteiger partial charge in [0.2, 0.25) is 0 Å². The van der Waals surface area contributed by atoms with Gasteiger partial charge in [0.1, 0.15) is 6.61 Å². The molecule has 0 heterocycles. The molecule has 0 aliphatic heterocycles. The molecule has 1 fully saturated rings. The minimum atomic E-state index is -0.256. The van der Waals surface area contributed by atoms with Gasteiger partial charge in [-0.1, -0.05) is 26.0 Å². The Hall–Kier alpha value is -1.03. The number of likely N-dealkylation sites (N-methyl/N-ethyl adjacent to an activating group) is 1. The van der Waals surface area contributed by atoms with Gasteiger partial charge in [-0.25, -0.2) is 4.79 Å². The summed E-state index contributed by atoms with van der Waals surface area (Å²) in [7, 11) is 0. The van der Waals surface area contributed by atoms with Crippen molar-refractivity contribution in [2.24, 2.45) is 11.8 Å². The molecule has 2 rings (SSSR count). The van der Waals surface area contributed by atoms with E-state index in [-0.39, 0.29) is 6.09 Å². The van der Waals surface area contributed by atoms with Gasteiger partial charge in [-0.15, -0.1) is 0 Å². The Morgan fingerprint density at radius 3 is 2.67 bits per heavy atom. The number of fused-ring (bicyclic) bond motifs is 2. The normalized spacial score (nSPS) is 28.9. The zero-order valence-corrected chi connectivity index (χ0v) is 11.4. The largest absolute Gasteiger partial charge is 0.448 e. The number of carbonyl (C=O) groups excluding carboxylic acids is 1. The predicted molar refractivity (Wildman–Crippen MR) is 71.4 cm³/mol. The van der Waals surface area contributed by atoms with Crippen LogP contribution in [0.3, 0.4) is 0 Å². The number of amides is 1. The molecule has 0 saturated heterocycles. The molecular formula is C14H24N2O2. The predicted octanol–water partition coefficient (Wildman–Crippen LogP) is 2.02. The summed E-state index contributed by atoms with van der Waals surface area (Å²) < 4.78 is 5.23. The molecule has 102 valence electrons. The van der Waals surface area contributed by atoms with Crippen LogP contribution in [0.25, 0.3) is 0 Å². The van der Waals surface area contributed by atoms with Gasteiger partial charge in [-0.2, -0.15) is 0 Å². The first-order valence-corrected chi connectivity index (χ1v) is 7.06. The monoisotopic (exact) mass is 252 g/mol. The molecular weight excluding hydrogens is 228 g/mol. The Bertz CT molecular complexity index is 313. The Kier molecular flexibility index (Phi) is 4.64. The smallest absolute Gasteiger partial charge is 0.407 e. The number of carbonyl (C=O) groups is 1. The first-order chi connectivity index (χ1) is 8.72. The Morgan fingerprint density at radius 2 is 2.11 bits per heavy atom. The molecule has 0 aromatic heterocycles. The van der Waals surface area contributed by atoms with Gasteiger partial charge >= 0.3 is 6.09 Å². The average Bonchev–Trinajstić information content (AvgIpc) is 2.97. The second-order valence-corrected chi connectivity index (χ2v) is 5.19. The number of nitrogens with zero attached hydrogens (tertiary/aromatic N) is 1. The highest BCUT2D eigenvalue weighted by molar-refractivity contribution is 5.67. The molecule has 18 heavy (non-hydrogen) atoms. The molecule has 0 radical (unpaired) electrons. The van der Waals surface area contributed by atoms with Crippen LogP contribution in [0.1, 0.15) is 26.7 Å². The minimum Gasteiger partial charge on any atom is -0.448 e. The van der Waals surface area contributed by atoms with E-state index in [9.17, 15) is 4.79 Å². The van der Waals surface area contributed by atoms with Gasteiger partial charge in [-0.05, 0) is 37.8 Å². The highest BCUT2D eigenvalue weighted by Crippen LogP contribution is 2.38. The van der Waals surface area contributed by atoms with E-state index in [4.69, 9.17) is 4.74 Å². The average molecular weight is 252 g/mol. The Morgan fingerprint density at radius 1 is 1.33 bits per heavy atom. The van der Waals surface area contributed by atoms with E-state index in [0.29, 0.717) is 24.5 Å². The van der Waals surface area contributed by atoms with E-state index in [1.807, 2.05) is 0 Å². The standard InChI is InChI=1S/C14H24N2O2/c1-3-16(4-2)7-8-18-14(17)15-13-10-11-5-6-12(13)9-11/h5-6,11-13H,3-4,7-10H2,1-2H3,(H,15,17)/t11-,12-,13-/m0/s1. The molecule has 0 aromatic carbocycles. The number of nitrogens with one attached hydrogen (secondary N) is 1. The third-order valence-electron chi connectivity index (χ3n) is 4.12. The Labute approximate surface area is 109 Å². The molecule has 0 spiro atoms. The molecule has 2 aliphatic carbocycles. The van der Waals surface area contributed by atoms with Crippen LogP contribution in [0.4, 0.5) is 4.79 Å². The lowest BCUT2D eigenvalue weighted by molar-refractivity contribution is 0.125. The second-order valence-electron chi connectivity index (χ2n) is 5.19. The summed E-state index contributed by atoms with van der Waals surface area (Å²) in [5.74, 6) is 1.21. The zero-order valence-electron chi connectivity index (χ0n) is 11.4. The molecule has 0 aromatic rings. The second kappa shape index (κ2) is 6.23. The van der Waals surface area contributed by atoms with E-state index >= 15 is 0 Å². The van der Waals surface area contributed by atoms with Crippen LogP contribution in [-0.4, -0.2) is 43.3 Å². The summed E-state index contributed by atoms with van der Waals surface area (Å²) in [6.07, 6.45) is 6.52. The molecule has 2 aliphatic rings. The summed E-state index contributed by atoms with van der Waals surface area (Å²) in [6, 6.07) is 0.293. The summed E-state index contributed by atoms with van der Waals surface area (Å²) in [6.45, 7) is 7.52. The summed E-state index contributed by atoms with van der Waals surface area (Å²) >= 11 is 0. The minimum absolute atomic E-state index is 0.256. The van der Waals surface area contributed by atoms with Crippen LogP contribution in [0.15, 0.2) is 12.2 Å². The molecule has 4 heteroatoms. The lowest BCUT2D eigenvalue weighted by Gasteiger charge is -2.21. The van der Waals surface area contributed by atoms with Crippen molar-refractivity contribution in [2.75, 3.05) is 26.2 Å². The van der Waals surface area contributed by atoms with Crippen molar-refractivity contribution < 1.29 is 9.53 Å². The third kappa shape index (κ3) is 3.25. The highest BCUT2D eigenvalue weighted by atomic mass is 16.5.